The van der Waals surface area contributed by atoms with E-state index in [0.29, 0.717) is 5.41 Å². The maximum Gasteiger partial charge on any atom is 0.193 e. The van der Waals surface area contributed by atoms with Gasteiger partial charge in [-0.05, 0) is 43.6 Å². The molecule has 1 fully saturated rings. The lowest BCUT2D eigenvalue weighted by atomic mass is 9.93. The van der Waals surface area contributed by atoms with Crippen LogP contribution in [0.5, 0.6) is 0 Å². The number of likely N-dealkylation sites (N-methyl/N-ethyl adjacent to an activating group) is 1. The Balaban J connectivity index is 0.00000288. The molecule has 1 unspecified atom stereocenters. The van der Waals surface area contributed by atoms with Gasteiger partial charge in [-0.3, -0.25) is 4.99 Å². The summed E-state index contributed by atoms with van der Waals surface area (Å²) in [6.07, 6.45) is 1.18. The number of halogens is 2. The summed E-state index contributed by atoms with van der Waals surface area (Å²) in [5.74, 6) is 0.749. The van der Waals surface area contributed by atoms with Gasteiger partial charge in [0.1, 0.15) is 5.82 Å². The van der Waals surface area contributed by atoms with Crippen molar-refractivity contribution in [3.05, 3.63) is 35.6 Å². The van der Waals surface area contributed by atoms with Crippen LogP contribution < -0.4 is 5.32 Å². The fourth-order valence-electron chi connectivity index (χ4n) is 3.10. The Morgan fingerprint density at radius 1 is 1.33 bits per heavy atom. The lowest BCUT2D eigenvalue weighted by Crippen LogP contribution is -2.44. The third kappa shape index (κ3) is 5.58. The van der Waals surface area contributed by atoms with Gasteiger partial charge in [-0.2, -0.15) is 0 Å². The Morgan fingerprint density at radius 2 is 1.96 bits per heavy atom. The first kappa shape index (κ1) is 21.2. The Bertz CT molecular complexity index is 542. The normalized spacial score (nSPS) is 18.5. The summed E-state index contributed by atoms with van der Waals surface area (Å²) in [6, 6.07) is 6.91. The lowest BCUT2D eigenvalue weighted by Gasteiger charge is -2.29. The molecule has 0 saturated carbocycles. The highest BCUT2D eigenvalue weighted by molar-refractivity contribution is 14.0. The molecule has 1 atom stereocenters. The van der Waals surface area contributed by atoms with Gasteiger partial charge in [0.15, 0.2) is 5.96 Å². The number of nitrogens with one attached hydrogen (secondary N) is 1. The van der Waals surface area contributed by atoms with Crippen LogP contribution in [0.2, 0.25) is 0 Å². The topological polar surface area (TPSA) is 30.9 Å². The predicted octanol–water partition coefficient (Wildman–Crippen LogP) is 3.35. The van der Waals surface area contributed by atoms with Crippen molar-refractivity contribution in [3.8, 4) is 0 Å². The summed E-state index contributed by atoms with van der Waals surface area (Å²) >= 11 is 0. The molecule has 1 heterocycles. The maximum absolute atomic E-state index is 13.1. The van der Waals surface area contributed by atoms with E-state index in [2.05, 4.69) is 34.0 Å². The summed E-state index contributed by atoms with van der Waals surface area (Å²) in [6.45, 7) is 7.39. The molecule has 1 N–H and O–H groups in total. The average Bonchev–Trinajstić information content (AvgIpc) is 2.85. The first-order valence-electron chi connectivity index (χ1n) is 8.20. The molecule has 2 rings (SSSR count). The number of nitrogens with zero attached hydrogens (tertiary/aromatic N) is 3. The van der Waals surface area contributed by atoms with E-state index in [1.165, 1.54) is 18.6 Å². The predicted molar refractivity (Wildman–Crippen MR) is 110 cm³/mol. The van der Waals surface area contributed by atoms with E-state index >= 15 is 0 Å². The van der Waals surface area contributed by atoms with Crippen LogP contribution in [0.15, 0.2) is 29.3 Å². The Hall–Kier alpha value is -0.890. The molecule has 1 aromatic rings. The van der Waals surface area contributed by atoms with Gasteiger partial charge in [0, 0.05) is 26.7 Å². The summed E-state index contributed by atoms with van der Waals surface area (Å²) in [5, 5.41) is 3.48. The highest BCUT2D eigenvalue weighted by Crippen LogP contribution is 2.28. The number of hydrogen-bond acceptors (Lipinski definition) is 2. The smallest absolute Gasteiger partial charge is 0.193 e. The first-order valence-corrected chi connectivity index (χ1v) is 8.20. The summed E-state index contributed by atoms with van der Waals surface area (Å²) in [4.78, 5) is 8.88. The molecular weight excluding hydrogens is 418 g/mol. The van der Waals surface area contributed by atoms with E-state index in [4.69, 9.17) is 0 Å². The number of benzene rings is 1. The van der Waals surface area contributed by atoms with Crippen LogP contribution in [-0.2, 0) is 0 Å². The minimum absolute atomic E-state index is 0. The number of hydrogen-bond donors (Lipinski definition) is 1. The molecule has 0 spiro atoms. The molecule has 0 aliphatic carbocycles. The second-order valence-electron chi connectivity index (χ2n) is 7.29. The molecule has 24 heavy (non-hydrogen) atoms. The van der Waals surface area contributed by atoms with E-state index in [1.807, 2.05) is 33.3 Å². The molecule has 6 heteroatoms. The summed E-state index contributed by atoms with van der Waals surface area (Å²) < 4.78 is 13.1. The second-order valence-corrected chi connectivity index (χ2v) is 7.29. The third-order valence-electron chi connectivity index (χ3n) is 4.52. The lowest BCUT2D eigenvalue weighted by molar-refractivity contribution is 0.294. The second kappa shape index (κ2) is 8.99. The zero-order valence-electron chi connectivity index (χ0n) is 15.3. The van der Waals surface area contributed by atoms with Crippen molar-refractivity contribution >= 4 is 29.9 Å². The number of likely N-dealkylation sites (tertiary alicyclic amines) is 1. The van der Waals surface area contributed by atoms with E-state index in [1.54, 1.807) is 0 Å². The number of guanidine groups is 1. The minimum Gasteiger partial charge on any atom is -0.354 e. The van der Waals surface area contributed by atoms with Crippen LogP contribution in [0.1, 0.15) is 31.9 Å². The van der Waals surface area contributed by atoms with Crippen LogP contribution in [-0.4, -0.2) is 56.5 Å². The molecule has 0 amide bonds. The molecule has 1 saturated heterocycles. The fraction of sp³-hybridized carbons (Fsp3) is 0.611. The van der Waals surface area contributed by atoms with Crippen LogP contribution in [0, 0.1) is 11.2 Å². The first-order chi connectivity index (χ1) is 10.8. The standard InChI is InChI=1S/C18H29FN4.HI/c1-18(2)10-11-23(13-18)17(20-3)21-12-16(22(4)5)14-6-8-15(19)9-7-14;/h6-9,16H,10-13H2,1-5H3,(H,20,21);1H. The highest BCUT2D eigenvalue weighted by atomic mass is 127. The fourth-order valence-corrected chi connectivity index (χ4v) is 3.10. The monoisotopic (exact) mass is 448 g/mol. The van der Waals surface area contributed by atoms with Gasteiger partial charge in [-0.25, -0.2) is 4.39 Å². The zero-order valence-corrected chi connectivity index (χ0v) is 17.7. The SMILES string of the molecule is CN=C(NCC(c1ccc(F)cc1)N(C)C)N1CCC(C)(C)C1.I. The molecule has 1 aliphatic heterocycles. The number of aliphatic imine (C=N–C) groups is 1. The van der Waals surface area contributed by atoms with Gasteiger partial charge in [-0.1, -0.05) is 26.0 Å². The summed E-state index contributed by atoms with van der Waals surface area (Å²) in [7, 11) is 5.91. The van der Waals surface area contributed by atoms with Crippen molar-refractivity contribution in [2.24, 2.45) is 10.4 Å². The van der Waals surface area contributed by atoms with E-state index in [0.717, 1.165) is 31.2 Å². The molecule has 4 nitrogen and oxygen atoms in total. The van der Waals surface area contributed by atoms with Crippen LogP contribution >= 0.6 is 24.0 Å². The van der Waals surface area contributed by atoms with Gasteiger partial charge in [0.25, 0.3) is 0 Å². The molecule has 1 aromatic carbocycles. The average molecular weight is 448 g/mol. The van der Waals surface area contributed by atoms with Gasteiger partial charge in [-0.15, -0.1) is 24.0 Å². The molecular formula is C18H30FIN4. The van der Waals surface area contributed by atoms with Crippen LogP contribution in [0.4, 0.5) is 4.39 Å². The van der Waals surface area contributed by atoms with Crippen LogP contribution in [0.25, 0.3) is 0 Å². The van der Waals surface area contributed by atoms with Gasteiger partial charge in [0.05, 0.1) is 6.04 Å². The molecule has 136 valence electrons. The molecule has 0 bridgehead atoms. The third-order valence-corrected chi connectivity index (χ3v) is 4.52. The quantitative estimate of drug-likeness (QED) is 0.436. The Morgan fingerprint density at radius 3 is 2.42 bits per heavy atom. The largest absolute Gasteiger partial charge is 0.354 e. The van der Waals surface area contributed by atoms with Gasteiger partial charge < -0.3 is 15.1 Å². The van der Waals surface area contributed by atoms with E-state index in [-0.39, 0.29) is 35.8 Å². The van der Waals surface area contributed by atoms with Gasteiger partial charge >= 0.3 is 0 Å². The van der Waals surface area contributed by atoms with Crippen LogP contribution in [0.3, 0.4) is 0 Å². The van der Waals surface area contributed by atoms with E-state index < -0.39 is 0 Å². The Kier molecular flexibility index (Phi) is 7.92. The van der Waals surface area contributed by atoms with Crippen molar-refractivity contribution in [2.45, 2.75) is 26.3 Å². The minimum atomic E-state index is -0.200. The van der Waals surface area contributed by atoms with Crippen molar-refractivity contribution in [1.29, 1.82) is 0 Å². The van der Waals surface area contributed by atoms with Crippen molar-refractivity contribution in [3.63, 3.8) is 0 Å². The highest BCUT2D eigenvalue weighted by Gasteiger charge is 2.31. The van der Waals surface area contributed by atoms with Gasteiger partial charge in [0.2, 0.25) is 0 Å². The van der Waals surface area contributed by atoms with Crippen molar-refractivity contribution in [2.75, 3.05) is 40.8 Å². The maximum atomic E-state index is 13.1. The molecule has 0 radical (unpaired) electrons. The Labute approximate surface area is 162 Å². The molecule has 1 aliphatic rings. The summed E-state index contributed by atoms with van der Waals surface area (Å²) in [5.41, 5.74) is 1.44. The van der Waals surface area contributed by atoms with Crippen molar-refractivity contribution in [1.82, 2.24) is 15.1 Å². The number of rotatable bonds is 4. The zero-order chi connectivity index (χ0) is 17.0. The van der Waals surface area contributed by atoms with Crippen molar-refractivity contribution < 1.29 is 4.39 Å². The molecule has 0 aromatic heterocycles. The van der Waals surface area contributed by atoms with E-state index in [9.17, 15) is 4.39 Å².